The monoisotopic (exact) mass is 183 g/mol. The smallest absolute Gasteiger partial charge is 0.115 e. The van der Waals surface area contributed by atoms with Crippen LogP contribution < -0.4 is 4.90 Å². The molecule has 0 bridgehead atoms. The highest BCUT2D eigenvalue weighted by atomic mass is 15.3. The van der Waals surface area contributed by atoms with Gasteiger partial charge in [0, 0.05) is 12.4 Å². The van der Waals surface area contributed by atoms with E-state index in [-0.39, 0.29) is 0 Å². The lowest BCUT2D eigenvalue weighted by molar-refractivity contribution is 1.01. The Labute approximate surface area is 82.1 Å². The van der Waals surface area contributed by atoms with Gasteiger partial charge < -0.3 is 4.90 Å². The maximum absolute atomic E-state index is 4.36. The fourth-order valence-electron chi connectivity index (χ4n) is 1.71. The zero-order chi connectivity index (χ0) is 9.38. The maximum Gasteiger partial charge on any atom is 0.115 e. The number of anilines is 1. The predicted molar refractivity (Wildman–Crippen MR) is 58.5 cm³/mol. The number of aliphatic imine (C=N–C) groups is 2. The van der Waals surface area contributed by atoms with Gasteiger partial charge in [-0.25, -0.2) is 0 Å². The van der Waals surface area contributed by atoms with E-state index in [1.807, 2.05) is 36.7 Å². The molecule has 0 amide bonds. The SMILES string of the molecule is C1=NCN2C1=CC=Nc1ccccc12. The molecule has 2 aliphatic heterocycles. The van der Waals surface area contributed by atoms with Crippen LogP contribution in [-0.2, 0) is 0 Å². The van der Waals surface area contributed by atoms with Gasteiger partial charge >= 0.3 is 0 Å². The van der Waals surface area contributed by atoms with E-state index in [1.165, 1.54) is 0 Å². The van der Waals surface area contributed by atoms with Gasteiger partial charge in [-0.15, -0.1) is 0 Å². The molecule has 0 atom stereocenters. The van der Waals surface area contributed by atoms with Crippen LogP contribution in [-0.4, -0.2) is 19.1 Å². The van der Waals surface area contributed by atoms with Gasteiger partial charge in [0.05, 0.1) is 17.1 Å². The highest BCUT2D eigenvalue weighted by Crippen LogP contribution is 2.32. The highest BCUT2D eigenvalue weighted by Gasteiger charge is 2.18. The molecular weight excluding hydrogens is 174 g/mol. The fraction of sp³-hybridized carbons (Fsp3) is 0.0909. The lowest BCUT2D eigenvalue weighted by Crippen LogP contribution is -2.17. The number of hydrogen-bond donors (Lipinski definition) is 0. The molecule has 0 saturated carbocycles. The van der Waals surface area contributed by atoms with Gasteiger partial charge in [-0.3, -0.25) is 9.98 Å². The first-order valence-corrected chi connectivity index (χ1v) is 4.56. The van der Waals surface area contributed by atoms with E-state index in [2.05, 4.69) is 21.0 Å². The number of rotatable bonds is 0. The summed E-state index contributed by atoms with van der Waals surface area (Å²) in [7, 11) is 0. The Morgan fingerprint density at radius 2 is 2.14 bits per heavy atom. The van der Waals surface area contributed by atoms with E-state index in [0.717, 1.165) is 17.1 Å². The first-order valence-electron chi connectivity index (χ1n) is 4.56. The van der Waals surface area contributed by atoms with Crippen LogP contribution in [0.3, 0.4) is 0 Å². The minimum Gasteiger partial charge on any atom is -0.318 e. The molecule has 68 valence electrons. The molecule has 0 saturated heterocycles. The van der Waals surface area contributed by atoms with Gasteiger partial charge in [0.15, 0.2) is 0 Å². The first kappa shape index (κ1) is 7.50. The highest BCUT2D eigenvalue weighted by molar-refractivity contribution is 5.97. The van der Waals surface area contributed by atoms with Crippen molar-refractivity contribution in [1.29, 1.82) is 0 Å². The molecular formula is C11H9N3. The van der Waals surface area contributed by atoms with Crippen LogP contribution in [0.4, 0.5) is 11.4 Å². The largest absolute Gasteiger partial charge is 0.318 e. The predicted octanol–water partition coefficient (Wildman–Crippen LogP) is 2.13. The van der Waals surface area contributed by atoms with Crippen molar-refractivity contribution in [2.45, 2.75) is 0 Å². The summed E-state index contributed by atoms with van der Waals surface area (Å²) in [4.78, 5) is 10.8. The lowest BCUT2D eigenvalue weighted by Gasteiger charge is -2.18. The molecule has 0 N–H and O–H groups in total. The van der Waals surface area contributed by atoms with Crippen LogP contribution in [0, 0.1) is 0 Å². The third-order valence-electron chi connectivity index (χ3n) is 2.39. The zero-order valence-electron chi connectivity index (χ0n) is 7.59. The van der Waals surface area contributed by atoms with Gasteiger partial charge in [-0.1, -0.05) is 12.1 Å². The molecule has 0 fully saturated rings. The second-order valence-corrected chi connectivity index (χ2v) is 3.24. The minimum atomic E-state index is 0.701. The summed E-state index contributed by atoms with van der Waals surface area (Å²) in [6.07, 6.45) is 5.69. The van der Waals surface area contributed by atoms with Crippen LogP contribution in [0.2, 0.25) is 0 Å². The molecule has 1 aromatic rings. The van der Waals surface area contributed by atoms with Crippen molar-refractivity contribution >= 4 is 23.8 Å². The average molecular weight is 183 g/mol. The van der Waals surface area contributed by atoms with E-state index in [9.17, 15) is 0 Å². The quantitative estimate of drug-likeness (QED) is 0.605. The third kappa shape index (κ3) is 0.988. The maximum atomic E-state index is 4.36. The van der Waals surface area contributed by atoms with Crippen LogP contribution in [0.15, 0.2) is 46.0 Å². The summed E-state index contributed by atoms with van der Waals surface area (Å²) in [5.41, 5.74) is 3.24. The van der Waals surface area contributed by atoms with Gasteiger partial charge in [0.25, 0.3) is 0 Å². The molecule has 0 spiro atoms. The summed E-state index contributed by atoms with van der Waals surface area (Å²) in [5, 5.41) is 0. The first-order chi connectivity index (χ1) is 6.95. The number of fused-ring (bicyclic) bond motifs is 3. The molecule has 0 aliphatic carbocycles. The van der Waals surface area contributed by atoms with Crippen LogP contribution in [0.25, 0.3) is 0 Å². The van der Waals surface area contributed by atoms with E-state index in [1.54, 1.807) is 0 Å². The molecule has 0 aromatic heterocycles. The van der Waals surface area contributed by atoms with Crippen molar-refractivity contribution in [3.8, 4) is 0 Å². The van der Waals surface area contributed by atoms with Crippen molar-refractivity contribution in [3.05, 3.63) is 36.0 Å². The minimum absolute atomic E-state index is 0.701. The molecule has 1 aromatic carbocycles. The van der Waals surface area contributed by atoms with Gasteiger partial charge in [-0.05, 0) is 18.2 Å². The number of hydrogen-bond acceptors (Lipinski definition) is 3. The standard InChI is InChI=1S/C11H9N3/c1-2-4-11-10(3-1)13-6-5-9-7-12-8-14(9)11/h1-7H,8H2. The number of nitrogens with zero attached hydrogens (tertiary/aromatic N) is 3. The average Bonchev–Trinajstić information content (AvgIpc) is 2.61. The van der Waals surface area contributed by atoms with Crippen LogP contribution in [0.5, 0.6) is 0 Å². The topological polar surface area (TPSA) is 28.0 Å². The molecule has 0 unspecified atom stereocenters. The lowest BCUT2D eigenvalue weighted by atomic mass is 10.2. The van der Waals surface area contributed by atoms with Gasteiger partial charge in [-0.2, -0.15) is 0 Å². The molecule has 2 heterocycles. The summed E-state index contributed by atoms with van der Waals surface area (Å²) >= 11 is 0. The molecule has 14 heavy (non-hydrogen) atoms. The van der Waals surface area contributed by atoms with E-state index in [4.69, 9.17) is 0 Å². The van der Waals surface area contributed by atoms with Crippen molar-refractivity contribution in [3.63, 3.8) is 0 Å². The number of allylic oxidation sites excluding steroid dienone is 2. The van der Waals surface area contributed by atoms with Gasteiger partial charge in [0.2, 0.25) is 0 Å². The Morgan fingerprint density at radius 3 is 3.14 bits per heavy atom. The second-order valence-electron chi connectivity index (χ2n) is 3.24. The molecule has 3 nitrogen and oxygen atoms in total. The summed E-state index contributed by atoms with van der Waals surface area (Å²) in [5.74, 6) is 0. The Morgan fingerprint density at radius 1 is 1.21 bits per heavy atom. The Hall–Kier alpha value is -1.90. The zero-order valence-corrected chi connectivity index (χ0v) is 7.59. The summed E-state index contributed by atoms with van der Waals surface area (Å²) in [6, 6.07) is 8.11. The van der Waals surface area contributed by atoms with Crippen molar-refractivity contribution in [2.75, 3.05) is 11.6 Å². The fourth-order valence-corrected chi connectivity index (χ4v) is 1.71. The van der Waals surface area contributed by atoms with Gasteiger partial charge in [0.1, 0.15) is 6.67 Å². The Kier molecular flexibility index (Phi) is 1.50. The normalized spacial score (nSPS) is 17.4. The van der Waals surface area contributed by atoms with E-state index >= 15 is 0 Å². The third-order valence-corrected chi connectivity index (χ3v) is 2.39. The molecule has 3 rings (SSSR count). The Balaban J connectivity index is 2.20. The Bertz CT molecular complexity index is 457. The number of benzene rings is 1. The molecule has 2 aliphatic rings. The molecule has 3 heteroatoms. The second kappa shape index (κ2) is 2.80. The summed E-state index contributed by atoms with van der Waals surface area (Å²) in [6.45, 7) is 0.701. The summed E-state index contributed by atoms with van der Waals surface area (Å²) < 4.78 is 0. The number of para-hydroxylation sites is 2. The van der Waals surface area contributed by atoms with E-state index in [0.29, 0.717) is 6.67 Å². The van der Waals surface area contributed by atoms with Crippen molar-refractivity contribution < 1.29 is 0 Å². The van der Waals surface area contributed by atoms with Crippen LogP contribution >= 0.6 is 0 Å². The van der Waals surface area contributed by atoms with Crippen molar-refractivity contribution in [2.24, 2.45) is 9.98 Å². The molecule has 0 radical (unpaired) electrons. The van der Waals surface area contributed by atoms with Crippen molar-refractivity contribution in [1.82, 2.24) is 0 Å². The van der Waals surface area contributed by atoms with Crippen LogP contribution in [0.1, 0.15) is 0 Å². The van der Waals surface area contributed by atoms with E-state index < -0.39 is 0 Å².